The Morgan fingerprint density at radius 3 is 2.76 bits per heavy atom. The van der Waals surface area contributed by atoms with E-state index in [-0.39, 0.29) is 24.0 Å². The number of hydrogen-bond donors (Lipinski definition) is 1. The first-order valence-corrected chi connectivity index (χ1v) is 8.46. The van der Waals surface area contributed by atoms with Crippen LogP contribution in [0.2, 0.25) is 0 Å². The molecule has 122 valence electrons. The van der Waals surface area contributed by atoms with Gasteiger partial charge in [-0.25, -0.2) is 0 Å². The van der Waals surface area contributed by atoms with Gasteiger partial charge in [0.05, 0.1) is 12.6 Å². The molecule has 1 N–H and O–H groups in total. The molecule has 0 aromatic carbocycles. The molecule has 0 bridgehead atoms. The predicted octanol–water partition coefficient (Wildman–Crippen LogP) is 3.02. The molecule has 1 spiro atoms. The number of likely N-dealkylation sites (tertiary alicyclic amines) is 1. The van der Waals surface area contributed by atoms with Crippen LogP contribution in [0.5, 0.6) is 0 Å². The van der Waals surface area contributed by atoms with Crippen molar-refractivity contribution in [3.63, 3.8) is 0 Å². The van der Waals surface area contributed by atoms with Gasteiger partial charge in [-0.05, 0) is 44.4 Å². The molecule has 0 amide bonds. The minimum atomic E-state index is 0. The Kier molecular flexibility index (Phi) is 6.59. The number of ether oxygens (including phenoxy) is 1. The molecule has 1 unspecified atom stereocenters. The summed E-state index contributed by atoms with van der Waals surface area (Å²) in [5, 5.41) is 3.48. The highest BCUT2D eigenvalue weighted by molar-refractivity contribution is 14.0. The van der Waals surface area contributed by atoms with Crippen LogP contribution in [0.1, 0.15) is 51.9 Å². The van der Waals surface area contributed by atoms with Gasteiger partial charge in [-0.15, -0.1) is 24.0 Å². The lowest BCUT2D eigenvalue weighted by molar-refractivity contribution is 0.117. The molecule has 2 saturated heterocycles. The van der Waals surface area contributed by atoms with Gasteiger partial charge in [0.2, 0.25) is 0 Å². The molecule has 2 aliphatic heterocycles. The van der Waals surface area contributed by atoms with Crippen LogP contribution in [0.15, 0.2) is 4.99 Å². The van der Waals surface area contributed by atoms with E-state index in [1.807, 2.05) is 0 Å². The Hall–Kier alpha value is -0.0400. The highest BCUT2D eigenvalue weighted by Crippen LogP contribution is 2.45. The summed E-state index contributed by atoms with van der Waals surface area (Å²) in [5.74, 6) is 1.12. The van der Waals surface area contributed by atoms with E-state index in [1.54, 1.807) is 0 Å². The monoisotopic (exact) mass is 407 g/mol. The molecule has 3 fully saturated rings. The molecule has 1 saturated carbocycles. The molecule has 0 aromatic rings. The minimum Gasteiger partial charge on any atom is -0.376 e. The van der Waals surface area contributed by atoms with E-state index < -0.39 is 0 Å². The van der Waals surface area contributed by atoms with Crippen molar-refractivity contribution < 1.29 is 4.74 Å². The Bertz CT molecular complexity index is 349. The maximum Gasteiger partial charge on any atom is 0.194 e. The van der Waals surface area contributed by atoms with Crippen LogP contribution in [0.25, 0.3) is 0 Å². The van der Waals surface area contributed by atoms with Crippen LogP contribution >= 0.6 is 24.0 Å². The van der Waals surface area contributed by atoms with Crippen LogP contribution < -0.4 is 5.32 Å². The number of guanidine groups is 1. The summed E-state index contributed by atoms with van der Waals surface area (Å²) < 4.78 is 5.68. The lowest BCUT2D eigenvalue weighted by Gasteiger charge is -2.26. The van der Waals surface area contributed by atoms with Gasteiger partial charge >= 0.3 is 0 Å². The van der Waals surface area contributed by atoms with Crippen LogP contribution in [0.4, 0.5) is 0 Å². The van der Waals surface area contributed by atoms with Gasteiger partial charge in [0.1, 0.15) is 0 Å². The second-order valence-corrected chi connectivity index (χ2v) is 6.71. The highest BCUT2D eigenvalue weighted by Gasteiger charge is 2.41. The SMILES string of the molecule is CCNC(=NCC1CCCO1)N1CCC2(CCCC2)C1.I. The zero-order chi connectivity index (χ0) is 13.8. The Morgan fingerprint density at radius 1 is 1.29 bits per heavy atom. The second-order valence-electron chi connectivity index (χ2n) is 6.71. The summed E-state index contributed by atoms with van der Waals surface area (Å²) in [6.07, 6.45) is 9.79. The third-order valence-corrected chi connectivity index (χ3v) is 5.21. The van der Waals surface area contributed by atoms with E-state index in [2.05, 4.69) is 17.1 Å². The first-order chi connectivity index (χ1) is 9.81. The number of nitrogens with one attached hydrogen (secondary N) is 1. The molecular formula is C16H30IN3O. The van der Waals surface area contributed by atoms with Gasteiger partial charge in [0, 0.05) is 26.2 Å². The van der Waals surface area contributed by atoms with Crippen molar-refractivity contribution in [3.8, 4) is 0 Å². The number of rotatable bonds is 3. The van der Waals surface area contributed by atoms with Crippen molar-refractivity contribution in [2.75, 3.05) is 32.8 Å². The third kappa shape index (κ3) is 4.24. The zero-order valence-corrected chi connectivity index (χ0v) is 15.6. The number of halogens is 1. The topological polar surface area (TPSA) is 36.9 Å². The van der Waals surface area contributed by atoms with Crippen molar-refractivity contribution in [1.82, 2.24) is 10.2 Å². The van der Waals surface area contributed by atoms with Crippen LogP contribution in [0.3, 0.4) is 0 Å². The van der Waals surface area contributed by atoms with Gasteiger partial charge < -0.3 is 15.0 Å². The molecule has 3 rings (SSSR count). The maximum absolute atomic E-state index is 5.68. The van der Waals surface area contributed by atoms with Crippen molar-refractivity contribution in [3.05, 3.63) is 0 Å². The van der Waals surface area contributed by atoms with Crippen molar-refractivity contribution >= 4 is 29.9 Å². The summed E-state index contributed by atoms with van der Waals surface area (Å²) >= 11 is 0. The Balaban J connectivity index is 0.00000161. The van der Waals surface area contributed by atoms with E-state index in [0.717, 1.165) is 25.7 Å². The van der Waals surface area contributed by atoms with E-state index in [1.165, 1.54) is 58.0 Å². The Morgan fingerprint density at radius 2 is 2.10 bits per heavy atom. The zero-order valence-electron chi connectivity index (χ0n) is 13.3. The summed E-state index contributed by atoms with van der Waals surface area (Å²) in [7, 11) is 0. The van der Waals surface area contributed by atoms with E-state index in [0.29, 0.717) is 11.5 Å². The molecule has 5 heteroatoms. The third-order valence-electron chi connectivity index (χ3n) is 5.21. The highest BCUT2D eigenvalue weighted by atomic mass is 127. The van der Waals surface area contributed by atoms with Crippen LogP contribution in [0, 0.1) is 5.41 Å². The lowest BCUT2D eigenvalue weighted by Crippen LogP contribution is -2.41. The molecular weight excluding hydrogens is 377 g/mol. The van der Waals surface area contributed by atoms with Gasteiger partial charge in [-0.3, -0.25) is 4.99 Å². The molecule has 0 aromatic heterocycles. The van der Waals surface area contributed by atoms with Gasteiger partial charge in [-0.2, -0.15) is 0 Å². The van der Waals surface area contributed by atoms with Crippen LogP contribution in [-0.2, 0) is 4.74 Å². The number of nitrogens with zero attached hydrogens (tertiary/aromatic N) is 2. The minimum absolute atomic E-state index is 0. The molecule has 0 radical (unpaired) electrons. The summed E-state index contributed by atoms with van der Waals surface area (Å²) in [4.78, 5) is 7.33. The molecule has 3 aliphatic rings. The predicted molar refractivity (Wildman–Crippen MR) is 97.5 cm³/mol. The van der Waals surface area contributed by atoms with Gasteiger partial charge in [-0.1, -0.05) is 12.8 Å². The average Bonchev–Trinajstić information content (AvgIpc) is 3.18. The summed E-state index contributed by atoms with van der Waals surface area (Å²) in [6, 6.07) is 0. The maximum atomic E-state index is 5.68. The quantitative estimate of drug-likeness (QED) is 0.444. The lowest BCUT2D eigenvalue weighted by atomic mass is 9.86. The molecule has 4 nitrogen and oxygen atoms in total. The van der Waals surface area contributed by atoms with Crippen molar-refractivity contribution in [2.45, 2.75) is 58.0 Å². The van der Waals surface area contributed by atoms with Crippen molar-refractivity contribution in [2.24, 2.45) is 10.4 Å². The molecule has 2 heterocycles. The largest absolute Gasteiger partial charge is 0.376 e. The van der Waals surface area contributed by atoms with Gasteiger partial charge in [0.15, 0.2) is 5.96 Å². The first kappa shape index (κ1) is 17.3. The van der Waals surface area contributed by atoms with E-state index in [9.17, 15) is 0 Å². The fraction of sp³-hybridized carbons (Fsp3) is 0.938. The van der Waals surface area contributed by atoms with E-state index >= 15 is 0 Å². The van der Waals surface area contributed by atoms with Crippen LogP contribution in [-0.4, -0.2) is 49.7 Å². The fourth-order valence-electron chi connectivity index (χ4n) is 4.05. The summed E-state index contributed by atoms with van der Waals surface area (Å²) in [6.45, 7) is 7.24. The van der Waals surface area contributed by atoms with Gasteiger partial charge in [0.25, 0.3) is 0 Å². The summed E-state index contributed by atoms with van der Waals surface area (Å²) in [5.41, 5.74) is 0.611. The fourth-order valence-corrected chi connectivity index (χ4v) is 4.05. The van der Waals surface area contributed by atoms with E-state index in [4.69, 9.17) is 9.73 Å². The van der Waals surface area contributed by atoms with Crippen molar-refractivity contribution in [1.29, 1.82) is 0 Å². The number of hydrogen-bond acceptors (Lipinski definition) is 2. The normalized spacial score (nSPS) is 28.1. The second kappa shape index (κ2) is 7.99. The first-order valence-electron chi connectivity index (χ1n) is 8.46. The number of aliphatic imine (C=N–C) groups is 1. The smallest absolute Gasteiger partial charge is 0.194 e. The molecule has 21 heavy (non-hydrogen) atoms. The standard InChI is InChI=1S/C16H29N3O.HI/c1-2-17-15(18-12-14-6-5-11-20-14)19-10-9-16(13-19)7-3-4-8-16;/h14H,2-13H2,1H3,(H,17,18);1H. The molecule has 1 aliphatic carbocycles. The average molecular weight is 407 g/mol. The molecule has 1 atom stereocenters. The Labute approximate surface area is 146 Å².